The van der Waals surface area contributed by atoms with Gasteiger partial charge >= 0.3 is 27.4 Å². The second-order valence-electron chi connectivity index (χ2n) is 9.79. The molecule has 0 saturated carbocycles. The van der Waals surface area contributed by atoms with Crippen molar-refractivity contribution in [2.45, 2.75) is 44.2 Å². The number of hydrogen-bond donors (Lipinski definition) is 5. The fraction of sp³-hybridized carbons (Fsp3) is 0.400. The van der Waals surface area contributed by atoms with E-state index >= 15 is 0 Å². The third-order valence-corrected chi connectivity index (χ3v) is 9.67. The van der Waals surface area contributed by atoms with Crippen molar-refractivity contribution < 1.29 is 56.7 Å². The van der Waals surface area contributed by atoms with Gasteiger partial charge in [0, 0.05) is 6.54 Å². The summed E-state index contributed by atoms with van der Waals surface area (Å²) in [5.74, 6) is -1.25. The number of benzene rings is 1. The molecular formula is C25H30N6O12P2. The summed E-state index contributed by atoms with van der Waals surface area (Å²) in [5.41, 5.74) is 1.40. The number of amides is 2. The van der Waals surface area contributed by atoms with Crippen LogP contribution in [-0.4, -0.2) is 90.3 Å². The highest BCUT2D eigenvalue weighted by Gasteiger charge is 2.54. The van der Waals surface area contributed by atoms with Gasteiger partial charge in [-0.3, -0.25) is 23.8 Å². The van der Waals surface area contributed by atoms with Gasteiger partial charge in [0.25, 0.3) is 0 Å². The van der Waals surface area contributed by atoms with Gasteiger partial charge < -0.3 is 34.4 Å². The molecule has 0 aliphatic carbocycles. The summed E-state index contributed by atoms with van der Waals surface area (Å²) in [4.78, 5) is 55.5. The molecule has 242 valence electrons. The van der Waals surface area contributed by atoms with Gasteiger partial charge in [-0.1, -0.05) is 36.4 Å². The number of fused-ring (bicyclic) bond motifs is 2. The molecule has 0 bridgehead atoms. The van der Waals surface area contributed by atoms with Gasteiger partial charge in [0.15, 0.2) is 29.5 Å². The molecule has 0 radical (unpaired) electrons. The van der Waals surface area contributed by atoms with E-state index in [-0.39, 0.29) is 17.0 Å². The third kappa shape index (κ3) is 8.18. The van der Waals surface area contributed by atoms with Crippen LogP contribution in [0.25, 0.3) is 17.2 Å². The molecule has 5 N–H and O–H groups in total. The van der Waals surface area contributed by atoms with E-state index in [1.807, 2.05) is 30.3 Å². The van der Waals surface area contributed by atoms with Crippen molar-refractivity contribution in [3.05, 3.63) is 54.6 Å². The molecule has 2 amide bonds. The summed E-state index contributed by atoms with van der Waals surface area (Å²) >= 11 is 0. The van der Waals surface area contributed by atoms with Gasteiger partial charge in [0.2, 0.25) is 0 Å². The quantitative estimate of drug-likeness (QED) is 0.164. The smallest absolute Gasteiger partial charge is 0.479 e. The van der Waals surface area contributed by atoms with Crippen LogP contribution in [0.15, 0.2) is 49.1 Å². The Bertz CT molecular complexity index is 1660. The van der Waals surface area contributed by atoms with Crippen molar-refractivity contribution in [1.29, 1.82) is 0 Å². The average molecular weight is 668 g/mol. The summed E-state index contributed by atoms with van der Waals surface area (Å²) in [5, 5.41) is 13.9. The van der Waals surface area contributed by atoms with E-state index in [2.05, 4.69) is 29.9 Å². The lowest BCUT2D eigenvalue weighted by atomic mass is 10.1. The summed E-state index contributed by atoms with van der Waals surface area (Å²) in [6, 6.07) is 8.88. The number of carboxylic acid groups (broad SMARTS) is 1. The van der Waals surface area contributed by atoms with E-state index in [9.17, 15) is 28.5 Å². The van der Waals surface area contributed by atoms with Crippen molar-refractivity contribution in [1.82, 2.24) is 24.8 Å². The summed E-state index contributed by atoms with van der Waals surface area (Å²) in [6.45, 7) is 1.50. The zero-order chi connectivity index (χ0) is 32.2. The van der Waals surface area contributed by atoms with Crippen molar-refractivity contribution in [3.8, 4) is 0 Å². The number of carboxylic acids is 1. The minimum atomic E-state index is -5.16. The number of hydrogen-bond acceptors (Lipinski definition) is 12. The normalized spacial score (nSPS) is 25.5. The van der Waals surface area contributed by atoms with E-state index in [1.54, 1.807) is 19.1 Å². The number of carbonyl (C=O) groups excluding carboxylic acids is 1. The first-order chi connectivity index (χ1) is 21.4. The van der Waals surface area contributed by atoms with Crippen LogP contribution in [0, 0.1) is 0 Å². The lowest BCUT2D eigenvalue weighted by Gasteiger charge is -2.21. The molecule has 7 atom stereocenters. The molecule has 2 fully saturated rings. The van der Waals surface area contributed by atoms with Crippen LogP contribution in [0.2, 0.25) is 0 Å². The molecule has 18 nitrogen and oxygen atoms in total. The van der Waals surface area contributed by atoms with E-state index in [1.165, 1.54) is 17.2 Å². The first-order valence-electron chi connectivity index (χ1n) is 13.6. The van der Waals surface area contributed by atoms with Crippen molar-refractivity contribution in [2.24, 2.45) is 0 Å². The maximum absolute atomic E-state index is 12.5. The van der Waals surface area contributed by atoms with Gasteiger partial charge in [-0.05, 0) is 18.6 Å². The standard InChI is InChI=1S/C25H30N6O12P2/c1-2-26-25(34)30-22-19-23(28-13-27-22)31(14-29-19)24-21-20(41-18(42-21)9-8-15-6-4-3-5-7-15)16(40-24)12-39-45(37,38)43-44(35,36)11-10-17(32)33/h3-9,13-14,16,18,20-21,24H,2,10-12H2,1H3,(H,32,33)(H,35,36)(H,37,38)(H2,26,27,28,30,34)/b9-8+/t16-,18+,20?,21?,24-/m1/s1. The fourth-order valence-corrected chi connectivity index (χ4v) is 7.25. The lowest BCUT2D eigenvalue weighted by Crippen LogP contribution is -2.31. The van der Waals surface area contributed by atoms with Gasteiger partial charge in [-0.15, -0.1) is 0 Å². The Hall–Kier alpha value is -3.57. The second-order valence-corrected chi connectivity index (χ2v) is 13.4. The van der Waals surface area contributed by atoms with Crippen LogP contribution in [-0.2, 0) is 37.0 Å². The number of nitrogens with one attached hydrogen (secondary N) is 2. The molecule has 45 heavy (non-hydrogen) atoms. The molecule has 2 aliphatic rings. The predicted molar refractivity (Wildman–Crippen MR) is 155 cm³/mol. The van der Waals surface area contributed by atoms with Gasteiger partial charge in [-0.25, -0.2) is 28.6 Å². The molecule has 5 rings (SSSR count). The lowest BCUT2D eigenvalue weighted by molar-refractivity contribution is -0.136. The molecular weight excluding hydrogens is 638 g/mol. The molecule has 0 spiro atoms. The SMILES string of the molecule is CCNC(=O)Nc1ncnc2c1ncn2[C@@H]1O[C@H](COP(=O)(O)OP(=O)(O)CCC(=O)O)C2O[C@H](/C=C/c3ccccc3)OC21. The molecule has 20 heteroatoms. The predicted octanol–water partition coefficient (Wildman–Crippen LogP) is 2.48. The maximum atomic E-state index is 12.5. The first kappa shape index (κ1) is 32.8. The number of carbonyl (C=O) groups is 2. The molecule has 2 saturated heterocycles. The third-order valence-electron chi connectivity index (χ3n) is 6.56. The van der Waals surface area contributed by atoms with Crippen LogP contribution >= 0.6 is 15.4 Å². The number of ether oxygens (including phenoxy) is 3. The molecule has 2 aliphatic heterocycles. The Balaban J connectivity index is 1.37. The monoisotopic (exact) mass is 668 g/mol. The van der Waals surface area contributed by atoms with E-state index in [0.717, 1.165) is 5.56 Å². The minimum Gasteiger partial charge on any atom is -0.481 e. The van der Waals surface area contributed by atoms with E-state index in [4.69, 9.17) is 23.8 Å². The van der Waals surface area contributed by atoms with Crippen LogP contribution in [0.5, 0.6) is 0 Å². The average Bonchev–Trinajstić information content (AvgIpc) is 3.68. The number of imidazole rings is 1. The Morgan fingerprint density at radius 3 is 2.58 bits per heavy atom. The number of phosphoric acid groups is 1. The van der Waals surface area contributed by atoms with Crippen molar-refractivity contribution in [3.63, 3.8) is 0 Å². The number of urea groups is 1. The summed E-state index contributed by atoms with van der Waals surface area (Å²) in [6.07, 6.45) is -0.170. The number of aromatic nitrogens is 4. The Morgan fingerprint density at radius 2 is 1.84 bits per heavy atom. The van der Waals surface area contributed by atoms with Crippen molar-refractivity contribution >= 4 is 50.5 Å². The Kier molecular flexibility index (Phi) is 10.1. The number of aliphatic carboxylic acids is 1. The molecule has 4 heterocycles. The minimum absolute atomic E-state index is 0.140. The highest BCUT2D eigenvalue weighted by molar-refractivity contribution is 7.64. The van der Waals surface area contributed by atoms with Gasteiger partial charge in [0.1, 0.15) is 24.6 Å². The number of phosphoric ester groups is 1. The van der Waals surface area contributed by atoms with Crippen molar-refractivity contribution in [2.75, 3.05) is 24.6 Å². The van der Waals surface area contributed by atoms with Crippen LogP contribution in [0.3, 0.4) is 0 Å². The fourth-order valence-electron chi connectivity index (χ4n) is 4.63. The zero-order valence-electron chi connectivity index (χ0n) is 23.6. The molecule has 3 aromatic rings. The second kappa shape index (κ2) is 13.8. The molecule has 1 aromatic carbocycles. The highest BCUT2D eigenvalue weighted by Crippen LogP contribution is 2.60. The first-order valence-corrected chi connectivity index (χ1v) is 16.8. The molecule has 2 aromatic heterocycles. The van der Waals surface area contributed by atoms with Crippen LogP contribution in [0.1, 0.15) is 25.1 Å². The van der Waals surface area contributed by atoms with Gasteiger partial charge in [-0.2, -0.15) is 0 Å². The number of nitrogens with zero attached hydrogens (tertiary/aromatic N) is 4. The Labute approximate surface area is 255 Å². The van der Waals surface area contributed by atoms with Crippen LogP contribution in [0.4, 0.5) is 10.6 Å². The zero-order valence-corrected chi connectivity index (χ0v) is 25.4. The summed E-state index contributed by atoms with van der Waals surface area (Å²) < 4.78 is 53.9. The highest BCUT2D eigenvalue weighted by atomic mass is 31.3. The van der Waals surface area contributed by atoms with E-state index < -0.39 is 77.4 Å². The van der Waals surface area contributed by atoms with Crippen LogP contribution < -0.4 is 10.6 Å². The maximum Gasteiger partial charge on any atom is 0.479 e. The van der Waals surface area contributed by atoms with E-state index in [0.29, 0.717) is 6.54 Å². The largest absolute Gasteiger partial charge is 0.481 e. The number of anilines is 1. The summed E-state index contributed by atoms with van der Waals surface area (Å²) in [7, 11) is -9.94. The van der Waals surface area contributed by atoms with Gasteiger partial charge in [0.05, 0.1) is 25.5 Å². The topological polar surface area (TPSA) is 243 Å². The number of rotatable bonds is 13. The molecule has 4 unspecified atom stereocenters. The Morgan fingerprint density at radius 1 is 1.09 bits per heavy atom.